The van der Waals surface area contributed by atoms with Gasteiger partial charge in [-0.15, -0.1) is 21.5 Å². The second kappa shape index (κ2) is 3.39. The Bertz CT molecular complexity index is 486. The van der Waals surface area contributed by atoms with Crippen molar-refractivity contribution >= 4 is 11.3 Å². The maximum absolute atomic E-state index is 4.44. The number of hydrogen-bond donors (Lipinski definition) is 1. The maximum atomic E-state index is 4.44. The Morgan fingerprint density at radius 1 is 1.47 bits per heavy atom. The van der Waals surface area contributed by atoms with Gasteiger partial charge in [0.2, 0.25) is 0 Å². The summed E-state index contributed by atoms with van der Waals surface area (Å²) >= 11 is 1.63. The molecule has 0 saturated heterocycles. The van der Waals surface area contributed by atoms with E-state index in [1.54, 1.807) is 11.3 Å². The Morgan fingerprint density at radius 2 is 2.40 bits per heavy atom. The van der Waals surface area contributed by atoms with E-state index < -0.39 is 0 Å². The summed E-state index contributed by atoms with van der Waals surface area (Å²) in [5.74, 6) is 1.91. The van der Waals surface area contributed by atoms with E-state index in [1.807, 2.05) is 12.3 Å². The molecule has 78 valence electrons. The van der Waals surface area contributed by atoms with E-state index in [2.05, 4.69) is 25.1 Å². The van der Waals surface area contributed by atoms with Crippen LogP contribution in [0.25, 0.3) is 10.8 Å². The molecule has 0 amide bonds. The number of nitrogens with one attached hydrogen (secondary N) is 1. The maximum Gasteiger partial charge on any atom is 0.193 e. The van der Waals surface area contributed by atoms with Crippen molar-refractivity contribution in [1.82, 2.24) is 25.1 Å². The van der Waals surface area contributed by atoms with Crippen molar-refractivity contribution in [2.45, 2.75) is 20.0 Å². The summed E-state index contributed by atoms with van der Waals surface area (Å²) in [7, 11) is 0. The molecule has 0 aliphatic carbocycles. The van der Waals surface area contributed by atoms with Gasteiger partial charge in [0.25, 0.3) is 0 Å². The molecule has 0 fully saturated rings. The molecule has 0 unspecified atom stereocenters. The van der Waals surface area contributed by atoms with E-state index in [4.69, 9.17) is 0 Å². The fourth-order valence-electron chi connectivity index (χ4n) is 1.71. The van der Waals surface area contributed by atoms with Crippen LogP contribution in [-0.2, 0) is 13.1 Å². The van der Waals surface area contributed by atoms with Crippen LogP contribution in [-0.4, -0.2) is 26.3 Å². The molecule has 15 heavy (non-hydrogen) atoms. The van der Waals surface area contributed by atoms with E-state index in [1.165, 1.54) is 0 Å². The predicted octanol–water partition coefficient (Wildman–Crippen LogP) is 0.813. The minimum absolute atomic E-state index is 0.803. The number of rotatable bonds is 1. The van der Waals surface area contributed by atoms with Crippen molar-refractivity contribution in [3.8, 4) is 10.8 Å². The smallest absolute Gasteiger partial charge is 0.193 e. The normalized spacial score (nSPS) is 15.3. The van der Waals surface area contributed by atoms with Gasteiger partial charge in [-0.25, -0.2) is 4.98 Å². The van der Waals surface area contributed by atoms with Crippen LogP contribution in [0.4, 0.5) is 0 Å². The number of fused-ring (bicyclic) bond motifs is 1. The number of nitrogens with zero attached hydrogens (tertiary/aromatic N) is 4. The summed E-state index contributed by atoms with van der Waals surface area (Å²) in [6.07, 6.45) is 0. The zero-order valence-electron chi connectivity index (χ0n) is 8.40. The molecule has 0 radical (unpaired) electrons. The van der Waals surface area contributed by atoms with Crippen molar-refractivity contribution in [1.29, 1.82) is 0 Å². The van der Waals surface area contributed by atoms with Crippen molar-refractivity contribution < 1.29 is 0 Å². The molecule has 1 aliphatic heterocycles. The van der Waals surface area contributed by atoms with Crippen LogP contribution in [0.2, 0.25) is 0 Å². The molecule has 3 heterocycles. The van der Waals surface area contributed by atoms with Gasteiger partial charge in [-0.1, -0.05) is 0 Å². The van der Waals surface area contributed by atoms with Gasteiger partial charge >= 0.3 is 0 Å². The van der Waals surface area contributed by atoms with E-state index in [0.717, 1.165) is 42.0 Å². The summed E-state index contributed by atoms with van der Waals surface area (Å²) in [6, 6.07) is 0. The Kier molecular flexibility index (Phi) is 2.03. The fourth-order valence-corrected chi connectivity index (χ4v) is 2.49. The monoisotopic (exact) mass is 221 g/mol. The van der Waals surface area contributed by atoms with Gasteiger partial charge in [0.1, 0.15) is 5.82 Å². The van der Waals surface area contributed by atoms with Crippen LogP contribution in [0, 0.1) is 6.92 Å². The van der Waals surface area contributed by atoms with E-state index >= 15 is 0 Å². The quantitative estimate of drug-likeness (QED) is 0.774. The first-order valence-corrected chi connectivity index (χ1v) is 5.78. The van der Waals surface area contributed by atoms with Gasteiger partial charge in [0.05, 0.1) is 6.54 Å². The average molecular weight is 221 g/mol. The molecule has 0 saturated carbocycles. The summed E-state index contributed by atoms with van der Waals surface area (Å²) in [4.78, 5) is 4.44. The molecule has 5 nitrogen and oxygen atoms in total. The molecule has 3 rings (SSSR count). The highest BCUT2D eigenvalue weighted by atomic mass is 32.1. The first-order chi connectivity index (χ1) is 7.34. The Hall–Kier alpha value is -1.27. The Morgan fingerprint density at radius 3 is 3.20 bits per heavy atom. The molecular weight excluding hydrogens is 210 g/mol. The molecule has 2 aromatic heterocycles. The number of hydrogen-bond acceptors (Lipinski definition) is 5. The molecule has 6 heteroatoms. The standard InChI is InChI=1S/C9H11N5S/c1-6-5-15-9(11-6)8-13-12-7-4-10-2-3-14(7)8/h5,10H,2-4H2,1H3. The lowest BCUT2D eigenvalue weighted by Gasteiger charge is -2.14. The third-order valence-electron chi connectivity index (χ3n) is 2.43. The summed E-state index contributed by atoms with van der Waals surface area (Å²) in [6.45, 7) is 4.70. The molecular formula is C9H11N5S. The van der Waals surface area contributed by atoms with Crippen molar-refractivity contribution in [2.24, 2.45) is 0 Å². The lowest BCUT2D eigenvalue weighted by molar-refractivity contribution is 0.508. The lowest BCUT2D eigenvalue weighted by atomic mass is 10.4. The van der Waals surface area contributed by atoms with Crippen LogP contribution < -0.4 is 5.32 Å². The second-order valence-corrected chi connectivity index (χ2v) is 4.42. The SMILES string of the molecule is Cc1csc(-c2nnc3n2CCNC3)n1. The first kappa shape index (κ1) is 8.99. The topological polar surface area (TPSA) is 55.6 Å². The molecule has 1 aliphatic rings. The zero-order chi connectivity index (χ0) is 10.3. The molecule has 0 spiro atoms. The summed E-state index contributed by atoms with van der Waals surface area (Å²) in [5, 5.41) is 14.6. The van der Waals surface area contributed by atoms with E-state index in [9.17, 15) is 0 Å². The van der Waals surface area contributed by atoms with Crippen molar-refractivity contribution in [2.75, 3.05) is 6.54 Å². The van der Waals surface area contributed by atoms with Gasteiger partial charge in [-0.05, 0) is 6.92 Å². The number of thiazole rings is 1. The van der Waals surface area contributed by atoms with E-state index in [-0.39, 0.29) is 0 Å². The largest absolute Gasteiger partial charge is 0.308 e. The summed E-state index contributed by atoms with van der Waals surface area (Å²) < 4.78 is 2.15. The van der Waals surface area contributed by atoms with Crippen LogP contribution >= 0.6 is 11.3 Å². The zero-order valence-corrected chi connectivity index (χ0v) is 9.21. The summed E-state index contributed by atoms with van der Waals surface area (Å²) in [5.41, 5.74) is 1.04. The van der Waals surface area contributed by atoms with Gasteiger partial charge in [-0.3, -0.25) is 0 Å². The molecule has 1 N–H and O–H groups in total. The predicted molar refractivity (Wildman–Crippen MR) is 57.6 cm³/mol. The minimum Gasteiger partial charge on any atom is -0.308 e. The van der Waals surface area contributed by atoms with Crippen molar-refractivity contribution in [3.05, 3.63) is 16.9 Å². The fraction of sp³-hybridized carbons (Fsp3) is 0.444. The highest BCUT2D eigenvalue weighted by Crippen LogP contribution is 2.23. The average Bonchev–Trinajstić information content (AvgIpc) is 2.83. The van der Waals surface area contributed by atoms with Crippen LogP contribution in [0.15, 0.2) is 5.38 Å². The van der Waals surface area contributed by atoms with Gasteiger partial charge in [-0.2, -0.15) is 0 Å². The van der Waals surface area contributed by atoms with Gasteiger partial charge < -0.3 is 9.88 Å². The molecule has 2 aromatic rings. The van der Waals surface area contributed by atoms with E-state index in [0.29, 0.717) is 0 Å². The minimum atomic E-state index is 0.803. The highest BCUT2D eigenvalue weighted by Gasteiger charge is 2.18. The highest BCUT2D eigenvalue weighted by molar-refractivity contribution is 7.13. The molecule has 0 bridgehead atoms. The Labute approximate surface area is 91.2 Å². The second-order valence-electron chi connectivity index (χ2n) is 3.56. The first-order valence-electron chi connectivity index (χ1n) is 4.90. The third kappa shape index (κ3) is 1.46. The number of aromatic nitrogens is 4. The molecule has 0 aromatic carbocycles. The third-order valence-corrected chi connectivity index (χ3v) is 3.39. The van der Waals surface area contributed by atoms with Gasteiger partial charge in [0, 0.05) is 24.2 Å². The van der Waals surface area contributed by atoms with Crippen LogP contribution in [0.3, 0.4) is 0 Å². The van der Waals surface area contributed by atoms with Gasteiger partial charge in [0.15, 0.2) is 10.8 Å². The molecule has 0 atom stereocenters. The van der Waals surface area contributed by atoms with Crippen LogP contribution in [0.5, 0.6) is 0 Å². The van der Waals surface area contributed by atoms with Crippen LogP contribution in [0.1, 0.15) is 11.5 Å². The van der Waals surface area contributed by atoms with Crippen molar-refractivity contribution in [3.63, 3.8) is 0 Å². The number of aryl methyl sites for hydroxylation is 1. The Balaban J connectivity index is 2.08. The lowest BCUT2D eigenvalue weighted by Crippen LogP contribution is -2.28.